The number of carbonyl (C=O) groups is 1. The molecule has 0 spiro atoms. The largest absolute Gasteiger partial charge is 0.488 e. The van der Waals surface area contributed by atoms with Gasteiger partial charge in [-0.15, -0.1) is 6.58 Å². The second-order valence-corrected chi connectivity index (χ2v) is 6.80. The molecule has 1 aliphatic heterocycles. The summed E-state index contributed by atoms with van der Waals surface area (Å²) in [5.41, 5.74) is 0.256. The number of halogens is 1. The van der Waals surface area contributed by atoms with Crippen LogP contribution in [0.5, 0.6) is 5.75 Å². The van der Waals surface area contributed by atoms with Gasteiger partial charge in [-0.2, -0.15) is 5.26 Å². The van der Waals surface area contributed by atoms with Crippen LogP contribution in [-0.2, 0) is 18.0 Å². The summed E-state index contributed by atoms with van der Waals surface area (Å²) < 4.78 is 35.8. The molecule has 0 fully saturated rings. The van der Waals surface area contributed by atoms with Gasteiger partial charge >= 0.3 is 0 Å². The number of rotatable bonds is 3. The number of anilines is 1. The fourth-order valence-electron chi connectivity index (χ4n) is 2.51. The Hall–Kier alpha value is -2.96. The number of fused-ring (bicyclic) bond motifs is 1. The highest BCUT2D eigenvalue weighted by Gasteiger charge is 2.29. The number of hydrogen-bond donors (Lipinski definition) is 2. The molecule has 2 N–H and O–H groups in total. The molecule has 134 valence electrons. The van der Waals surface area contributed by atoms with E-state index in [9.17, 15) is 13.4 Å². The van der Waals surface area contributed by atoms with Crippen LogP contribution < -0.4 is 14.8 Å². The van der Waals surface area contributed by atoms with Crippen LogP contribution in [0.15, 0.2) is 41.9 Å². The topological polar surface area (TPSA) is 96.2 Å². The number of aryl methyl sites for hydroxylation is 1. The van der Waals surface area contributed by atoms with E-state index in [1.165, 1.54) is 16.7 Å². The van der Waals surface area contributed by atoms with Gasteiger partial charge < -0.3 is 14.6 Å². The summed E-state index contributed by atoms with van der Waals surface area (Å²) in [6, 6.07) is 5.09. The Morgan fingerprint density at radius 1 is 1.62 bits per heavy atom. The van der Waals surface area contributed by atoms with Crippen molar-refractivity contribution in [1.82, 2.24) is 9.29 Å². The maximum atomic E-state index is 13.4. The number of carbonyl (C=O) groups excluding carboxylic acids is 1. The minimum Gasteiger partial charge on any atom is -0.488 e. The van der Waals surface area contributed by atoms with Gasteiger partial charge in [-0.25, -0.2) is 13.3 Å². The minimum absolute atomic E-state index is 0.168. The number of aromatic nitrogens is 1. The van der Waals surface area contributed by atoms with E-state index in [1.807, 2.05) is 0 Å². The molecule has 0 saturated carbocycles. The van der Waals surface area contributed by atoms with Crippen molar-refractivity contribution in [2.24, 2.45) is 7.05 Å². The quantitative estimate of drug-likeness (QED) is 0.802. The lowest BCUT2D eigenvalue weighted by atomic mass is 10.2. The first kappa shape index (κ1) is 17.8. The van der Waals surface area contributed by atoms with Crippen LogP contribution in [0.25, 0.3) is 0 Å². The lowest BCUT2D eigenvalue weighted by molar-refractivity contribution is 0.101. The molecule has 0 aliphatic carbocycles. The van der Waals surface area contributed by atoms with Gasteiger partial charge in [-0.05, 0) is 18.2 Å². The summed E-state index contributed by atoms with van der Waals surface area (Å²) >= 11 is 0. The molecule has 0 saturated heterocycles. The van der Waals surface area contributed by atoms with Crippen LogP contribution in [0.4, 0.5) is 10.1 Å². The van der Waals surface area contributed by atoms with E-state index in [4.69, 9.17) is 10.00 Å². The number of nitrogens with one attached hydrogen (secondary N) is 2. The summed E-state index contributed by atoms with van der Waals surface area (Å²) in [7, 11) is 0.0626. The molecule has 0 radical (unpaired) electrons. The highest BCUT2D eigenvalue weighted by molar-refractivity contribution is 7.83. The maximum absolute atomic E-state index is 13.4. The third-order valence-electron chi connectivity index (χ3n) is 3.81. The van der Waals surface area contributed by atoms with E-state index >= 15 is 0 Å². The van der Waals surface area contributed by atoms with E-state index in [0.717, 1.165) is 6.07 Å². The van der Waals surface area contributed by atoms with Crippen molar-refractivity contribution in [3.63, 3.8) is 0 Å². The molecule has 1 aromatic heterocycles. The van der Waals surface area contributed by atoms with Gasteiger partial charge in [0.2, 0.25) is 0 Å². The summed E-state index contributed by atoms with van der Waals surface area (Å²) in [6.45, 7) is 3.81. The van der Waals surface area contributed by atoms with E-state index in [1.54, 1.807) is 25.4 Å². The van der Waals surface area contributed by atoms with Crippen LogP contribution in [0.1, 0.15) is 16.1 Å². The van der Waals surface area contributed by atoms with Crippen molar-refractivity contribution in [2.75, 3.05) is 11.9 Å². The van der Waals surface area contributed by atoms with Crippen LogP contribution >= 0.6 is 0 Å². The fourth-order valence-corrected chi connectivity index (χ4v) is 3.66. The lowest BCUT2D eigenvalue weighted by Crippen LogP contribution is -2.31. The molecule has 1 aliphatic rings. The Kier molecular flexibility index (Phi) is 4.88. The van der Waals surface area contributed by atoms with Gasteiger partial charge in [0, 0.05) is 18.9 Å². The smallest absolute Gasteiger partial charge is 0.276 e. The number of nitrogens with zero attached hydrogens (tertiary/aromatic N) is 2. The van der Waals surface area contributed by atoms with Crippen molar-refractivity contribution in [3.05, 3.63) is 54.1 Å². The van der Waals surface area contributed by atoms with Crippen molar-refractivity contribution in [1.29, 1.82) is 5.26 Å². The zero-order chi connectivity index (χ0) is 18.8. The van der Waals surface area contributed by atoms with Gasteiger partial charge in [0.15, 0.2) is 11.4 Å². The predicted octanol–water partition coefficient (Wildman–Crippen LogP) is 1.85. The molecule has 1 unspecified atom stereocenters. The molecule has 2 heterocycles. The van der Waals surface area contributed by atoms with Crippen molar-refractivity contribution in [2.45, 2.75) is 10.9 Å². The van der Waals surface area contributed by atoms with Gasteiger partial charge in [-0.1, -0.05) is 6.08 Å². The van der Waals surface area contributed by atoms with Gasteiger partial charge in [0.25, 0.3) is 5.91 Å². The highest BCUT2D eigenvalue weighted by atomic mass is 32.2. The second-order valence-electron chi connectivity index (χ2n) is 5.58. The van der Waals surface area contributed by atoms with Gasteiger partial charge in [0.05, 0.1) is 11.6 Å². The molecular formula is C17H15FN4O3S. The Morgan fingerprint density at radius 2 is 2.38 bits per heavy atom. The average Bonchev–Trinajstić information content (AvgIpc) is 2.88. The maximum Gasteiger partial charge on any atom is 0.276 e. The molecule has 2 aromatic rings. The van der Waals surface area contributed by atoms with Gasteiger partial charge in [0.1, 0.15) is 34.4 Å². The van der Waals surface area contributed by atoms with Crippen molar-refractivity contribution < 1.29 is 18.1 Å². The lowest BCUT2D eigenvalue weighted by Gasteiger charge is -2.12. The Labute approximate surface area is 151 Å². The van der Waals surface area contributed by atoms with Gasteiger partial charge in [-0.3, -0.25) is 4.79 Å². The number of nitriles is 1. The predicted molar refractivity (Wildman–Crippen MR) is 93.5 cm³/mol. The minimum atomic E-state index is -1.56. The second kappa shape index (κ2) is 7.11. The van der Waals surface area contributed by atoms with E-state index in [-0.39, 0.29) is 35.3 Å². The summed E-state index contributed by atoms with van der Waals surface area (Å²) in [4.78, 5) is 13.0. The average molecular weight is 374 g/mol. The van der Waals surface area contributed by atoms with Crippen molar-refractivity contribution >= 4 is 22.6 Å². The van der Waals surface area contributed by atoms with Crippen LogP contribution in [0.3, 0.4) is 0 Å². The molecule has 9 heteroatoms. The van der Waals surface area contributed by atoms with E-state index < -0.39 is 22.7 Å². The molecule has 7 nitrogen and oxygen atoms in total. The van der Waals surface area contributed by atoms with Crippen LogP contribution in [0, 0.1) is 17.1 Å². The van der Waals surface area contributed by atoms with E-state index in [0.29, 0.717) is 4.90 Å². The fraction of sp³-hybridized carbons (Fsp3) is 0.176. The molecule has 3 rings (SSSR count). The molecule has 1 amide bonds. The number of ether oxygens (including phenoxy) is 1. The van der Waals surface area contributed by atoms with Crippen LogP contribution in [0.2, 0.25) is 0 Å². The Bertz CT molecular complexity index is 964. The zero-order valence-corrected chi connectivity index (χ0v) is 14.6. The van der Waals surface area contributed by atoms with Crippen molar-refractivity contribution in [3.8, 4) is 11.8 Å². The highest BCUT2D eigenvalue weighted by Crippen LogP contribution is 2.31. The van der Waals surface area contributed by atoms with E-state index in [2.05, 4.69) is 16.6 Å². The number of benzene rings is 1. The summed E-state index contributed by atoms with van der Waals surface area (Å²) in [6.07, 6.45) is 3.12. The summed E-state index contributed by atoms with van der Waals surface area (Å²) in [5, 5.41) is 11.5. The molecule has 0 bridgehead atoms. The molecular weight excluding hydrogens is 359 g/mol. The number of amides is 1. The SMILES string of the molecule is C=C[C@H]1COc2c(cn(C)c2C(=O)Nc2ccc(F)c(C#N)c2)S(=O)N1. The first-order valence-corrected chi connectivity index (χ1v) is 8.73. The first-order chi connectivity index (χ1) is 12.4. The zero-order valence-electron chi connectivity index (χ0n) is 13.8. The third kappa shape index (κ3) is 3.24. The summed E-state index contributed by atoms with van der Waals surface area (Å²) in [5.74, 6) is -0.986. The third-order valence-corrected chi connectivity index (χ3v) is 5.02. The normalized spacial score (nSPS) is 18.8. The monoisotopic (exact) mass is 374 g/mol. The Morgan fingerprint density at radius 3 is 3.08 bits per heavy atom. The number of hydrogen-bond acceptors (Lipinski definition) is 4. The van der Waals surface area contributed by atoms with Crippen LogP contribution in [-0.4, -0.2) is 27.3 Å². The molecule has 2 atom stereocenters. The molecule has 26 heavy (non-hydrogen) atoms. The first-order valence-electron chi connectivity index (χ1n) is 7.58. The Balaban J connectivity index is 1.93. The standard InChI is InChI=1S/C17H15FN4O3S/c1-3-11-9-25-16-14(26(24)21-11)8-22(2)15(16)17(23)20-12-4-5-13(18)10(6-12)7-19/h3-6,8,11,21H,1,9H2,2H3,(H,20,23)/t11-,26?/m0/s1. The molecule has 1 aromatic carbocycles.